The quantitative estimate of drug-likeness (QED) is 0.833. The van der Waals surface area contributed by atoms with Crippen molar-refractivity contribution in [1.29, 1.82) is 5.26 Å². The van der Waals surface area contributed by atoms with Gasteiger partial charge in [-0.05, 0) is 19.1 Å². The van der Waals surface area contributed by atoms with E-state index in [1.54, 1.807) is 6.92 Å². The standard InChI is InChI=1S/C9H10N2O4S2/c1-6(4-5-10)11-17(14,15)8-3-2-7(16-8)9(12)13/h2-3,6,11H,4H2,1H3,(H,12,13). The fraction of sp³-hybridized carbons (Fsp3) is 0.333. The zero-order valence-corrected chi connectivity index (χ0v) is 10.5. The molecule has 1 unspecified atom stereocenters. The van der Waals surface area contributed by atoms with Crippen LogP contribution < -0.4 is 4.72 Å². The van der Waals surface area contributed by atoms with Crippen LogP contribution in [-0.2, 0) is 10.0 Å². The molecule has 0 radical (unpaired) electrons. The molecule has 0 fully saturated rings. The molecule has 92 valence electrons. The Morgan fingerprint density at radius 2 is 2.29 bits per heavy atom. The molecule has 0 aromatic carbocycles. The van der Waals surface area contributed by atoms with Crippen molar-refractivity contribution in [3.05, 3.63) is 17.0 Å². The van der Waals surface area contributed by atoms with Crippen molar-refractivity contribution in [1.82, 2.24) is 4.72 Å². The zero-order chi connectivity index (χ0) is 13.1. The summed E-state index contributed by atoms with van der Waals surface area (Å²) >= 11 is 0.675. The Morgan fingerprint density at radius 3 is 2.76 bits per heavy atom. The van der Waals surface area contributed by atoms with Gasteiger partial charge in [0.1, 0.15) is 9.09 Å². The molecule has 0 spiro atoms. The van der Waals surface area contributed by atoms with Gasteiger partial charge in [0.05, 0.1) is 12.5 Å². The highest BCUT2D eigenvalue weighted by molar-refractivity contribution is 7.91. The molecular formula is C9H10N2O4S2. The molecule has 0 saturated heterocycles. The van der Waals surface area contributed by atoms with Gasteiger partial charge in [-0.2, -0.15) is 5.26 Å². The van der Waals surface area contributed by atoms with Crippen molar-refractivity contribution in [2.45, 2.75) is 23.6 Å². The molecule has 8 heteroatoms. The molecule has 0 bridgehead atoms. The van der Waals surface area contributed by atoms with Gasteiger partial charge in [-0.15, -0.1) is 11.3 Å². The highest BCUT2D eigenvalue weighted by Crippen LogP contribution is 2.21. The highest BCUT2D eigenvalue weighted by atomic mass is 32.2. The van der Waals surface area contributed by atoms with Crippen LogP contribution >= 0.6 is 11.3 Å². The molecule has 6 nitrogen and oxygen atoms in total. The van der Waals surface area contributed by atoms with Crippen LogP contribution in [0.15, 0.2) is 16.3 Å². The van der Waals surface area contributed by atoms with E-state index in [9.17, 15) is 13.2 Å². The second-order valence-corrected chi connectivity index (χ2v) is 6.33. The predicted molar refractivity (Wildman–Crippen MR) is 61.3 cm³/mol. The summed E-state index contributed by atoms with van der Waals surface area (Å²) in [5.41, 5.74) is 0. The summed E-state index contributed by atoms with van der Waals surface area (Å²) in [6.45, 7) is 1.56. The van der Waals surface area contributed by atoms with E-state index in [-0.39, 0.29) is 15.5 Å². The zero-order valence-electron chi connectivity index (χ0n) is 8.87. The molecule has 1 heterocycles. The first-order valence-corrected chi connectivity index (χ1v) is 6.89. The van der Waals surface area contributed by atoms with Crippen molar-refractivity contribution < 1.29 is 18.3 Å². The van der Waals surface area contributed by atoms with Crippen LogP contribution in [-0.4, -0.2) is 25.5 Å². The molecule has 1 rings (SSSR count). The number of hydrogen-bond acceptors (Lipinski definition) is 5. The number of hydrogen-bond donors (Lipinski definition) is 2. The number of nitrogens with zero attached hydrogens (tertiary/aromatic N) is 1. The Labute approximate surface area is 103 Å². The molecule has 17 heavy (non-hydrogen) atoms. The first-order chi connectivity index (χ1) is 7.86. The van der Waals surface area contributed by atoms with E-state index < -0.39 is 22.0 Å². The van der Waals surface area contributed by atoms with Gasteiger partial charge in [-0.25, -0.2) is 17.9 Å². The lowest BCUT2D eigenvalue weighted by atomic mass is 10.3. The van der Waals surface area contributed by atoms with Gasteiger partial charge in [0.15, 0.2) is 0 Å². The van der Waals surface area contributed by atoms with E-state index in [0.29, 0.717) is 11.3 Å². The molecule has 2 N–H and O–H groups in total. The summed E-state index contributed by atoms with van der Waals surface area (Å²) in [5.74, 6) is -1.17. The van der Waals surface area contributed by atoms with Crippen molar-refractivity contribution in [2.75, 3.05) is 0 Å². The van der Waals surface area contributed by atoms with Crippen LogP contribution in [0.4, 0.5) is 0 Å². The van der Waals surface area contributed by atoms with E-state index >= 15 is 0 Å². The van der Waals surface area contributed by atoms with Gasteiger partial charge in [0.2, 0.25) is 10.0 Å². The third-order valence-corrected chi connectivity index (χ3v) is 4.97. The van der Waals surface area contributed by atoms with E-state index in [0.717, 1.165) is 0 Å². The van der Waals surface area contributed by atoms with Crippen LogP contribution in [0.2, 0.25) is 0 Å². The Hall–Kier alpha value is -1.43. The summed E-state index contributed by atoms with van der Waals surface area (Å²) in [6, 6.07) is 3.80. The first-order valence-electron chi connectivity index (χ1n) is 4.59. The number of aromatic carboxylic acids is 1. The van der Waals surface area contributed by atoms with E-state index in [4.69, 9.17) is 10.4 Å². The third kappa shape index (κ3) is 3.52. The maximum atomic E-state index is 11.8. The monoisotopic (exact) mass is 274 g/mol. The first kappa shape index (κ1) is 13.6. The molecule has 0 amide bonds. The lowest BCUT2D eigenvalue weighted by Crippen LogP contribution is -2.31. The Bertz CT molecular complexity index is 556. The molecule has 0 saturated carbocycles. The number of carboxylic acids is 1. The summed E-state index contributed by atoms with van der Waals surface area (Å²) in [5, 5.41) is 17.1. The number of carboxylic acid groups (broad SMARTS) is 1. The second kappa shape index (κ2) is 5.27. The normalized spacial score (nSPS) is 12.9. The third-order valence-electron chi connectivity index (χ3n) is 1.81. The average Bonchev–Trinajstić information content (AvgIpc) is 2.65. The largest absolute Gasteiger partial charge is 0.477 e. The number of sulfonamides is 1. The molecule has 0 aliphatic rings. The van der Waals surface area contributed by atoms with Crippen molar-refractivity contribution in [2.24, 2.45) is 0 Å². The van der Waals surface area contributed by atoms with Gasteiger partial charge < -0.3 is 5.11 Å². The van der Waals surface area contributed by atoms with Crippen LogP contribution in [0.1, 0.15) is 23.0 Å². The van der Waals surface area contributed by atoms with Crippen molar-refractivity contribution in [3.63, 3.8) is 0 Å². The highest BCUT2D eigenvalue weighted by Gasteiger charge is 2.20. The minimum absolute atomic E-state index is 0.0432. The Kier molecular flexibility index (Phi) is 4.22. The van der Waals surface area contributed by atoms with Gasteiger partial charge >= 0.3 is 5.97 Å². The number of rotatable bonds is 5. The number of nitrogens with one attached hydrogen (secondary N) is 1. The molecule has 1 aromatic heterocycles. The van der Waals surface area contributed by atoms with Crippen LogP contribution in [0.5, 0.6) is 0 Å². The maximum absolute atomic E-state index is 11.8. The summed E-state index contributed by atoms with van der Waals surface area (Å²) in [6.07, 6.45) is 0.0520. The van der Waals surface area contributed by atoms with Crippen LogP contribution in [0.3, 0.4) is 0 Å². The second-order valence-electron chi connectivity index (χ2n) is 3.31. The van der Waals surface area contributed by atoms with Crippen molar-refractivity contribution >= 4 is 27.3 Å². The van der Waals surface area contributed by atoms with Gasteiger partial charge in [0.25, 0.3) is 0 Å². The van der Waals surface area contributed by atoms with Crippen molar-refractivity contribution in [3.8, 4) is 6.07 Å². The summed E-state index contributed by atoms with van der Waals surface area (Å²) in [4.78, 5) is 10.6. The van der Waals surface area contributed by atoms with Crippen LogP contribution in [0, 0.1) is 11.3 Å². The Balaban J connectivity index is 2.90. The van der Waals surface area contributed by atoms with E-state index in [2.05, 4.69) is 4.72 Å². The maximum Gasteiger partial charge on any atom is 0.345 e. The fourth-order valence-electron chi connectivity index (χ4n) is 1.08. The molecule has 1 atom stereocenters. The summed E-state index contributed by atoms with van der Waals surface area (Å²) < 4.78 is 25.7. The minimum Gasteiger partial charge on any atom is -0.477 e. The molecule has 1 aromatic rings. The minimum atomic E-state index is -3.74. The van der Waals surface area contributed by atoms with Gasteiger partial charge in [0, 0.05) is 6.04 Å². The summed E-state index contributed by atoms with van der Waals surface area (Å²) in [7, 11) is -3.74. The van der Waals surface area contributed by atoms with Gasteiger partial charge in [-0.3, -0.25) is 0 Å². The SMILES string of the molecule is CC(CC#N)NS(=O)(=O)c1ccc(C(=O)O)s1. The fourth-order valence-corrected chi connectivity index (χ4v) is 3.49. The molecular weight excluding hydrogens is 264 g/mol. The average molecular weight is 274 g/mol. The Morgan fingerprint density at radius 1 is 1.65 bits per heavy atom. The lowest BCUT2D eigenvalue weighted by Gasteiger charge is -2.08. The topological polar surface area (TPSA) is 107 Å². The molecule has 0 aliphatic carbocycles. The number of thiophene rings is 1. The predicted octanol–water partition coefficient (Wildman–Crippen LogP) is 1.03. The van der Waals surface area contributed by atoms with E-state index in [1.165, 1.54) is 12.1 Å². The lowest BCUT2D eigenvalue weighted by molar-refractivity contribution is 0.0702. The van der Waals surface area contributed by atoms with Crippen LogP contribution in [0.25, 0.3) is 0 Å². The smallest absolute Gasteiger partial charge is 0.345 e. The van der Waals surface area contributed by atoms with Gasteiger partial charge in [-0.1, -0.05) is 0 Å². The molecule has 0 aliphatic heterocycles. The van der Waals surface area contributed by atoms with E-state index in [1.807, 2.05) is 6.07 Å². The number of nitriles is 1. The number of carbonyl (C=O) groups is 1.